The van der Waals surface area contributed by atoms with E-state index >= 15 is 0 Å². The average molecular weight is 462 g/mol. The molecular formula is C22H25F3N6O2. The number of nitriles is 1. The van der Waals surface area contributed by atoms with Crippen molar-refractivity contribution in [2.75, 3.05) is 18.4 Å². The van der Waals surface area contributed by atoms with E-state index in [1.54, 1.807) is 4.68 Å². The zero-order valence-electron chi connectivity index (χ0n) is 17.8. The number of carbonyl (C=O) groups excluding carboxylic acids is 1. The fourth-order valence-corrected chi connectivity index (χ4v) is 4.53. The lowest BCUT2D eigenvalue weighted by atomic mass is 9.81. The molecular weight excluding hydrogens is 437 g/mol. The van der Waals surface area contributed by atoms with Gasteiger partial charge in [0.25, 0.3) is 5.91 Å². The standard InChI is InChI=1S/C22H25F3N6O2/c23-22(24,25)19(32)13-2-4-15(5-3-13)28-21-17(20(27)33)12-31(29-21)18-7-6-16(10-14(18)11-26)30-8-1-9-30/h2-5,12,14,16,18-19,32H,1,6-10H2,(H2,27,33)(H,28,29)/t14-,16+,18?,19-/m1/s1. The Labute approximate surface area is 188 Å². The SMILES string of the molecule is N#C[C@H]1C[C@@H](N2CCC2)CCC1n1cc(C(N)=O)c(Nc2ccc([C@@H](O)C(F)(F)F)cc2)n1. The second-order valence-electron chi connectivity index (χ2n) is 8.59. The van der Waals surface area contributed by atoms with Crippen LogP contribution in [0.25, 0.3) is 0 Å². The van der Waals surface area contributed by atoms with Crippen molar-refractivity contribution in [3.05, 3.63) is 41.6 Å². The van der Waals surface area contributed by atoms with Crippen LogP contribution in [-0.2, 0) is 0 Å². The van der Waals surface area contributed by atoms with Crippen LogP contribution >= 0.6 is 0 Å². The van der Waals surface area contributed by atoms with Crippen molar-refractivity contribution in [1.29, 1.82) is 5.26 Å². The summed E-state index contributed by atoms with van der Waals surface area (Å²) in [5, 5.41) is 26.5. The van der Waals surface area contributed by atoms with Crippen molar-refractivity contribution in [3.8, 4) is 6.07 Å². The first-order valence-corrected chi connectivity index (χ1v) is 10.8. The van der Waals surface area contributed by atoms with Crippen LogP contribution in [0.4, 0.5) is 24.7 Å². The Hall–Kier alpha value is -3.10. The lowest BCUT2D eigenvalue weighted by Crippen LogP contribution is -2.48. The molecule has 1 saturated heterocycles. The van der Waals surface area contributed by atoms with Gasteiger partial charge in [0.05, 0.1) is 18.0 Å². The fourth-order valence-electron chi connectivity index (χ4n) is 4.53. The molecule has 8 nitrogen and oxygen atoms in total. The summed E-state index contributed by atoms with van der Waals surface area (Å²) in [6, 6.07) is 7.55. The van der Waals surface area contributed by atoms with Gasteiger partial charge in [0.15, 0.2) is 11.9 Å². The lowest BCUT2D eigenvalue weighted by Gasteiger charge is -2.43. The topological polar surface area (TPSA) is 120 Å². The summed E-state index contributed by atoms with van der Waals surface area (Å²) in [5.74, 6) is -0.815. The highest BCUT2D eigenvalue weighted by Gasteiger charge is 2.39. The number of rotatable bonds is 6. The average Bonchev–Trinajstić information content (AvgIpc) is 3.15. The second-order valence-corrected chi connectivity index (χ2v) is 8.59. The van der Waals surface area contributed by atoms with Gasteiger partial charge in [-0.15, -0.1) is 0 Å². The largest absolute Gasteiger partial charge is 0.418 e. The zero-order valence-corrected chi connectivity index (χ0v) is 17.8. The Morgan fingerprint density at radius 3 is 2.52 bits per heavy atom. The lowest BCUT2D eigenvalue weighted by molar-refractivity contribution is -0.206. The summed E-state index contributed by atoms with van der Waals surface area (Å²) >= 11 is 0. The Balaban J connectivity index is 1.52. The number of carbonyl (C=O) groups is 1. The van der Waals surface area contributed by atoms with Gasteiger partial charge in [-0.3, -0.25) is 9.48 Å². The van der Waals surface area contributed by atoms with E-state index in [-0.39, 0.29) is 28.9 Å². The van der Waals surface area contributed by atoms with E-state index in [0.717, 1.165) is 44.5 Å². The number of hydrogen-bond acceptors (Lipinski definition) is 6. The van der Waals surface area contributed by atoms with Gasteiger partial charge < -0.3 is 21.1 Å². The molecule has 1 aliphatic carbocycles. The van der Waals surface area contributed by atoms with Gasteiger partial charge >= 0.3 is 6.18 Å². The van der Waals surface area contributed by atoms with E-state index in [4.69, 9.17) is 5.73 Å². The summed E-state index contributed by atoms with van der Waals surface area (Å²) in [5.41, 5.74) is 5.71. The molecule has 4 atom stereocenters. The van der Waals surface area contributed by atoms with Gasteiger partial charge in [-0.2, -0.15) is 23.5 Å². The minimum Gasteiger partial charge on any atom is -0.379 e. The first kappa shape index (κ1) is 23.1. The molecule has 2 fully saturated rings. The Kier molecular flexibility index (Phi) is 6.32. The third kappa shape index (κ3) is 4.82. The molecule has 1 aromatic carbocycles. The van der Waals surface area contributed by atoms with Crippen molar-refractivity contribution < 1.29 is 23.1 Å². The highest BCUT2D eigenvalue weighted by Crippen LogP contribution is 2.38. The molecule has 2 heterocycles. The normalized spacial score (nSPS) is 24.5. The molecule has 1 unspecified atom stereocenters. The van der Waals surface area contributed by atoms with Gasteiger partial charge in [-0.1, -0.05) is 12.1 Å². The summed E-state index contributed by atoms with van der Waals surface area (Å²) in [6.45, 7) is 2.13. The van der Waals surface area contributed by atoms with Crippen LogP contribution in [-0.4, -0.2) is 51.0 Å². The van der Waals surface area contributed by atoms with Gasteiger partial charge in [0.2, 0.25) is 0 Å². The molecule has 1 amide bonds. The zero-order chi connectivity index (χ0) is 23.8. The maximum atomic E-state index is 12.7. The monoisotopic (exact) mass is 462 g/mol. The first-order chi connectivity index (χ1) is 15.7. The van der Waals surface area contributed by atoms with Crippen molar-refractivity contribution >= 4 is 17.4 Å². The van der Waals surface area contributed by atoms with E-state index in [1.165, 1.54) is 24.8 Å². The molecule has 2 aliphatic rings. The minimum atomic E-state index is -4.77. The number of primary amides is 1. The van der Waals surface area contributed by atoms with Gasteiger partial charge in [0.1, 0.15) is 5.56 Å². The number of likely N-dealkylation sites (tertiary alicyclic amines) is 1. The number of amides is 1. The predicted octanol–water partition coefficient (Wildman–Crippen LogP) is 3.26. The molecule has 0 radical (unpaired) electrons. The van der Waals surface area contributed by atoms with Crippen LogP contribution in [0.2, 0.25) is 0 Å². The van der Waals surface area contributed by atoms with Crippen LogP contribution in [0.3, 0.4) is 0 Å². The van der Waals surface area contributed by atoms with Crippen LogP contribution in [0.1, 0.15) is 53.8 Å². The third-order valence-electron chi connectivity index (χ3n) is 6.50. The van der Waals surface area contributed by atoms with E-state index in [2.05, 4.69) is 21.4 Å². The van der Waals surface area contributed by atoms with Gasteiger partial charge in [-0.05, 0) is 56.5 Å². The van der Waals surface area contributed by atoms with Crippen molar-refractivity contribution in [1.82, 2.24) is 14.7 Å². The summed E-state index contributed by atoms with van der Waals surface area (Å²) in [4.78, 5) is 14.4. The number of halogens is 3. The number of aliphatic hydroxyl groups is 1. The number of aliphatic hydroxyl groups excluding tert-OH is 1. The second kappa shape index (κ2) is 9.03. The highest BCUT2D eigenvalue weighted by molar-refractivity contribution is 5.98. The molecule has 0 bridgehead atoms. The molecule has 11 heteroatoms. The Morgan fingerprint density at radius 2 is 1.97 bits per heavy atom. The fraction of sp³-hybridized carbons (Fsp3) is 0.500. The predicted molar refractivity (Wildman–Crippen MR) is 113 cm³/mol. The number of hydrogen-bond donors (Lipinski definition) is 3. The molecule has 4 rings (SSSR count). The van der Waals surface area contributed by atoms with E-state index in [9.17, 15) is 28.3 Å². The van der Waals surface area contributed by atoms with Crippen LogP contribution in [0.5, 0.6) is 0 Å². The van der Waals surface area contributed by atoms with Crippen LogP contribution in [0, 0.1) is 17.2 Å². The summed E-state index contributed by atoms with van der Waals surface area (Å²) in [6.07, 6.45) is -2.24. The number of anilines is 2. The molecule has 2 aromatic rings. The number of alkyl halides is 3. The third-order valence-corrected chi connectivity index (χ3v) is 6.50. The minimum absolute atomic E-state index is 0.121. The number of nitrogens with one attached hydrogen (secondary N) is 1. The van der Waals surface area contributed by atoms with Gasteiger partial charge in [0, 0.05) is 17.9 Å². The summed E-state index contributed by atoms with van der Waals surface area (Å²) in [7, 11) is 0. The van der Waals surface area contributed by atoms with E-state index in [0.29, 0.717) is 11.7 Å². The Morgan fingerprint density at radius 1 is 1.27 bits per heavy atom. The number of nitrogens with two attached hydrogens (primary N) is 1. The maximum Gasteiger partial charge on any atom is 0.418 e. The first-order valence-electron chi connectivity index (χ1n) is 10.8. The Bertz CT molecular complexity index is 1040. The molecule has 1 saturated carbocycles. The molecule has 4 N–H and O–H groups in total. The summed E-state index contributed by atoms with van der Waals surface area (Å²) < 4.78 is 39.7. The van der Waals surface area contributed by atoms with E-state index in [1.807, 2.05) is 0 Å². The maximum absolute atomic E-state index is 12.7. The molecule has 176 valence electrons. The number of aromatic nitrogens is 2. The quantitative estimate of drug-likeness (QED) is 0.606. The van der Waals surface area contributed by atoms with Crippen molar-refractivity contribution in [2.45, 2.75) is 50.0 Å². The van der Waals surface area contributed by atoms with Crippen LogP contribution in [0.15, 0.2) is 30.5 Å². The number of benzene rings is 1. The van der Waals surface area contributed by atoms with E-state index < -0.39 is 18.2 Å². The van der Waals surface area contributed by atoms with Crippen molar-refractivity contribution in [3.63, 3.8) is 0 Å². The highest BCUT2D eigenvalue weighted by atomic mass is 19.4. The number of nitrogens with zero attached hydrogens (tertiary/aromatic N) is 4. The molecule has 0 spiro atoms. The molecule has 1 aromatic heterocycles. The van der Waals surface area contributed by atoms with Crippen LogP contribution < -0.4 is 11.1 Å². The smallest absolute Gasteiger partial charge is 0.379 e. The van der Waals surface area contributed by atoms with Crippen molar-refractivity contribution in [2.24, 2.45) is 11.7 Å². The molecule has 33 heavy (non-hydrogen) atoms. The van der Waals surface area contributed by atoms with Gasteiger partial charge in [-0.25, -0.2) is 0 Å². The molecule has 1 aliphatic heterocycles.